The SMILES string of the molecule is CCOC(=O)c1c(Br)nn(C)c1S(=O)O. The minimum Gasteiger partial charge on any atom is -0.462 e. The average molecular weight is 297 g/mol. The van der Waals surface area contributed by atoms with Gasteiger partial charge in [0, 0.05) is 7.05 Å². The van der Waals surface area contributed by atoms with Gasteiger partial charge in [0.15, 0.2) is 5.03 Å². The zero-order chi connectivity index (χ0) is 11.6. The molecule has 1 aromatic heterocycles. The Bertz CT molecular complexity index is 417. The van der Waals surface area contributed by atoms with Crippen LogP contribution in [0.2, 0.25) is 0 Å². The van der Waals surface area contributed by atoms with Crippen LogP contribution < -0.4 is 0 Å². The van der Waals surface area contributed by atoms with Crippen molar-refractivity contribution in [3.63, 3.8) is 0 Å². The first kappa shape index (κ1) is 12.3. The summed E-state index contributed by atoms with van der Waals surface area (Å²) in [6.45, 7) is 1.84. The van der Waals surface area contributed by atoms with Crippen LogP contribution >= 0.6 is 15.9 Å². The molecule has 0 aromatic carbocycles. The number of aromatic nitrogens is 2. The van der Waals surface area contributed by atoms with Crippen LogP contribution in [0.25, 0.3) is 0 Å². The van der Waals surface area contributed by atoms with Crippen molar-refractivity contribution in [2.75, 3.05) is 6.61 Å². The van der Waals surface area contributed by atoms with Crippen LogP contribution in [0.5, 0.6) is 0 Å². The molecule has 84 valence electrons. The van der Waals surface area contributed by atoms with E-state index in [2.05, 4.69) is 21.0 Å². The Morgan fingerprint density at radius 2 is 2.33 bits per heavy atom. The highest BCUT2D eigenvalue weighted by Crippen LogP contribution is 2.22. The van der Waals surface area contributed by atoms with Crippen LogP contribution in [-0.4, -0.2) is 31.1 Å². The maximum absolute atomic E-state index is 11.5. The lowest BCUT2D eigenvalue weighted by molar-refractivity contribution is 0.0520. The third kappa shape index (κ3) is 2.44. The number of rotatable bonds is 3. The molecule has 0 aliphatic rings. The Morgan fingerprint density at radius 3 is 2.80 bits per heavy atom. The van der Waals surface area contributed by atoms with Gasteiger partial charge in [-0.15, -0.1) is 0 Å². The molecule has 0 aliphatic heterocycles. The lowest BCUT2D eigenvalue weighted by Crippen LogP contribution is -2.10. The van der Waals surface area contributed by atoms with Gasteiger partial charge in [-0.25, -0.2) is 9.00 Å². The number of ether oxygens (including phenoxy) is 1. The molecular formula is C7H9BrN2O4S. The molecular weight excluding hydrogens is 288 g/mol. The van der Waals surface area contributed by atoms with Crippen molar-refractivity contribution < 1.29 is 18.3 Å². The highest BCUT2D eigenvalue weighted by Gasteiger charge is 2.25. The van der Waals surface area contributed by atoms with E-state index in [9.17, 15) is 9.00 Å². The third-order valence-corrected chi connectivity index (χ3v) is 2.95. The van der Waals surface area contributed by atoms with E-state index in [1.165, 1.54) is 7.05 Å². The Balaban J connectivity index is 3.26. The molecule has 6 nitrogen and oxygen atoms in total. The second-order valence-electron chi connectivity index (χ2n) is 2.56. The average Bonchev–Trinajstić information content (AvgIpc) is 2.41. The fourth-order valence-corrected chi connectivity index (χ4v) is 2.39. The Hall–Kier alpha value is -0.730. The van der Waals surface area contributed by atoms with Crippen molar-refractivity contribution in [2.24, 2.45) is 7.05 Å². The first-order valence-electron chi connectivity index (χ1n) is 3.99. The lowest BCUT2D eigenvalue weighted by atomic mass is 10.4. The summed E-state index contributed by atoms with van der Waals surface area (Å²) in [5.74, 6) is -0.671. The minimum atomic E-state index is -2.29. The number of carbonyl (C=O) groups excluding carboxylic acids is 1. The molecule has 0 saturated heterocycles. The molecule has 8 heteroatoms. The molecule has 1 N–H and O–H groups in total. The molecule has 1 heterocycles. The number of nitrogens with zero attached hydrogens (tertiary/aromatic N) is 2. The summed E-state index contributed by atoms with van der Waals surface area (Å²) in [6, 6.07) is 0. The van der Waals surface area contributed by atoms with E-state index in [1.807, 2.05) is 0 Å². The smallest absolute Gasteiger partial charge is 0.343 e. The summed E-state index contributed by atoms with van der Waals surface area (Å²) in [6.07, 6.45) is 0. The molecule has 0 aliphatic carbocycles. The van der Waals surface area contributed by atoms with Crippen molar-refractivity contribution >= 4 is 33.0 Å². The third-order valence-electron chi connectivity index (χ3n) is 1.60. The summed E-state index contributed by atoms with van der Waals surface area (Å²) >= 11 is 0.743. The summed E-state index contributed by atoms with van der Waals surface area (Å²) in [7, 11) is 1.47. The fourth-order valence-electron chi connectivity index (χ4n) is 1.05. The first-order chi connectivity index (χ1) is 6.99. The second-order valence-corrected chi connectivity index (χ2v) is 4.20. The van der Waals surface area contributed by atoms with Crippen LogP contribution in [-0.2, 0) is 22.9 Å². The monoisotopic (exact) mass is 296 g/mol. The number of esters is 1. The predicted molar refractivity (Wildman–Crippen MR) is 55.9 cm³/mol. The zero-order valence-electron chi connectivity index (χ0n) is 8.06. The second kappa shape index (κ2) is 4.86. The van der Waals surface area contributed by atoms with Crippen LogP contribution in [0.3, 0.4) is 0 Å². The maximum Gasteiger partial charge on any atom is 0.343 e. The minimum absolute atomic E-state index is 0.0137. The van der Waals surface area contributed by atoms with Gasteiger partial charge in [0.1, 0.15) is 10.2 Å². The van der Waals surface area contributed by atoms with Crippen LogP contribution in [0.4, 0.5) is 0 Å². The molecule has 1 rings (SSSR count). The molecule has 0 bridgehead atoms. The van der Waals surface area contributed by atoms with E-state index in [4.69, 9.17) is 9.29 Å². The summed E-state index contributed by atoms with van der Waals surface area (Å²) < 4.78 is 26.1. The molecule has 1 aromatic rings. The highest BCUT2D eigenvalue weighted by atomic mass is 79.9. The quantitative estimate of drug-likeness (QED) is 0.663. The van der Waals surface area contributed by atoms with Gasteiger partial charge >= 0.3 is 5.97 Å². The Kier molecular flexibility index (Phi) is 4.00. The van der Waals surface area contributed by atoms with Crippen LogP contribution in [0.15, 0.2) is 9.63 Å². The van der Waals surface area contributed by atoms with Gasteiger partial charge in [0.05, 0.1) is 6.61 Å². The van der Waals surface area contributed by atoms with Gasteiger partial charge in [-0.05, 0) is 22.9 Å². The molecule has 0 radical (unpaired) electrons. The van der Waals surface area contributed by atoms with Crippen molar-refractivity contribution in [1.82, 2.24) is 9.78 Å². The highest BCUT2D eigenvalue weighted by molar-refractivity contribution is 9.10. The van der Waals surface area contributed by atoms with Crippen molar-refractivity contribution in [3.8, 4) is 0 Å². The number of carbonyl (C=O) groups is 1. The summed E-state index contributed by atoms with van der Waals surface area (Å²) in [5, 5.41) is 3.73. The molecule has 0 fully saturated rings. The van der Waals surface area contributed by atoms with E-state index < -0.39 is 17.0 Å². The van der Waals surface area contributed by atoms with Crippen LogP contribution in [0, 0.1) is 0 Å². The topological polar surface area (TPSA) is 81.4 Å². The fraction of sp³-hybridized carbons (Fsp3) is 0.429. The molecule has 15 heavy (non-hydrogen) atoms. The van der Waals surface area contributed by atoms with Crippen molar-refractivity contribution in [2.45, 2.75) is 11.9 Å². The van der Waals surface area contributed by atoms with E-state index in [0.29, 0.717) is 0 Å². The molecule has 0 amide bonds. The van der Waals surface area contributed by atoms with Gasteiger partial charge in [0.2, 0.25) is 11.1 Å². The molecule has 0 saturated carbocycles. The van der Waals surface area contributed by atoms with Crippen molar-refractivity contribution in [3.05, 3.63) is 10.2 Å². The van der Waals surface area contributed by atoms with Gasteiger partial charge in [-0.2, -0.15) is 5.10 Å². The Morgan fingerprint density at radius 1 is 1.73 bits per heavy atom. The largest absolute Gasteiger partial charge is 0.462 e. The van der Waals surface area contributed by atoms with Gasteiger partial charge in [-0.3, -0.25) is 4.68 Å². The van der Waals surface area contributed by atoms with Crippen LogP contribution in [0.1, 0.15) is 17.3 Å². The Labute approximate surface area is 97.0 Å². The van der Waals surface area contributed by atoms with Gasteiger partial charge < -0.3 is 9.29 Å². The predicted octanol–water partition coefficient (Wildman–Crippen LogP) is 0.940. The number of hydrogen-bond acceptors (Lipinski definition) is 4. The summed E-state index contributed by atoms with van der Waals surface area (Å²) in [5.41, 5.74) is -0.0137. The first-order valence-corrected chi connectivity index (χ1v) is 5.89. The maximum atomic E-state index is 11.5. The number of aryl methyl sites for hydroxylation is 1. The molecule has 1 unspecified atom stereocenters. The molecule has 1 atom stereocenters. The lowest BCUT2D eigenvalue weighted by Gasteiger charge is -2.01. The number of hydrogen-bond donors (Lipinski definition) is 1. The molecule has 0 spiro atoms. The van der Waals surface area contributed by atoms with Gasteiger partial charge in [-0.1, -0.05) is 0 Å². The summed E-state index contributed by atoms with van der Waals surface area (Å²) in [4.78, 5) is 11.5. The number of halogens is 1. The standard InChI is InChI=1S/C7H9BrN2O4S/c1-3-14-7(11)4-5(8)9-10(2)6(4)15(12)13/h3H2,1-2H3,(H,12,13). The van der Waals surface area contributed by atoms with E-state index in [1.54, 1.807) is 6.92 Å². The zero-order valence-corrected chi connectivity index (χ0v) is 10.5. The normalized spacial score (nSPS) is 12.5. The van der Waals surface area contributed by atoms with E-state index in [-0.39, 0.29) is 21.8 Å². The van der Waals surface area contributed by atoms with E-state index in [0.717, 1.165) is 4.68 Å². The van der Waals surface area contributed by atoms with Crippen molar-refractivity contribution in [1.29, 1.82) is 0 Å². The van der Waals surface area contributed by atoms with Gasteiger partial charge in [0.25, 0.3) is 0 Å². The van der Waals surface area contributed by atoms with E-state index >= 15 is 0 Å².